The van der Waals surface area contributed by atoms with Crippen LogP contribution in [0.15, 0.2) is 273 Å². The average Bonchev–Trinajstić information content (AvgIpc) is 3.71. The quantitative estimate of drug-likeness (QED) is 0.140. The van der Waals surface area contributed by atoms with Crippen LogP contribution in [0.25, 0.3) is 66.4 Å². The maximum atomic E-state index is 2.42. The highest BCUT2D eigenvalue weighted by atomic mass is 15.1. The SMILES string of the molecule is c1ccc(-c2cccc(-c3ccccc3N(c3ccc(-c4cccc5c4-c4ccccc4C5(c4ccccc4)c4ccccc4)cc3)c3ccc(-c4cccc5ccccc45)cc3)c2)cc1. The molecule has 1 nitrogen and oxygen atoms in total. The fraction of sp³-hybridized carbons (Fsp3) is 0.0154. The van der Waals surface area contributed by atoms with E-state index in [1.165, 1.54) is 83.1 Å². The van der Waals surface area contributed by atoms with Crippen molar-refractivity contribution in [2.45, 2.75) is 5.41 Å². The van der Waals surface area contributed by atoms with E-state index in [1.54, 1.807) is 0 Å². The van der Waals surface area contributed by atoms with E-state index in [0.717, 1.165) is 22.6 Å². The standard InChI is InChI=1S/C65H45N/c1-4-19-46(20-5-1)50-23-16-24-51(45-50)58-30-13-15-36-63(58)66(54-41-37-48(38-42-54)57-32-17-22-47-21-10-11-29-56(47)57)55-43-39-49(40-44-55)59-33-18-35-62-64(59)60-31-12-14-34-61(60)65(62,52-25-6-2-7-26-52)53-27-8-3-9-28-53/h1-45H. The van der Waals surface area contributed by atoms with Crippen LogP contribution in [0.5, 0.6) is 0 Å². The zero-order chi connectivity index (χ0) is 43.9. The van der Waals surface area contributed by atoms with Gasteiger partial charge in [0.1, 0.15) is 0 Å². The number of hydrogen-bond acceptors (Lipinski definition) is 1. The summed E-state index contributed by atoms with van der Waals surface area (Å²) < 4.78 is 0. The van der Waals surface area contributed by atoms with Crippen molar-refractivity contribution in [1.29, 1.82) is 0 Å². The Morgan fingerprint density at radius 3 is 1.45 bits per heavy atom. The summed E-state index contributed by atoms with van der Waals surface area (Å²) in [5.41, 5.74) is 20.1. The van der Waals surface area contributed by atoms with E-state index in [1.807, 2.05) is 0 Å². The molecule has 0 fully saturated rings. The number of anilines is 3. The first-order chi connectivity index (χ1) is 32.8. The summed E-state index contributed by atoms with van der Waals surface area (Å²) in [6.07, 6.45) is 0. The van der Waals surface area contributed by atoms with Gasteiger partial charge in [-0.1, -0.05) is 237 Å². The predicted octanol–water partition coefficient (Wildman–Crippen LogP) is 17.3. The molecule has 0 N–H and O–H groups in total. The van der Waals surface area contributed by atoms with Gasteiger partial charge in [0, 0.05) is 16.9 Å². The molecule has 0 bridgehead atoms. The lowest BCUT2D eigenvalue weighted by atomic mass is 9.67. The summed E-state index contributed by atoms with van der Waals surface area (Å²) in [6.45, 7) is 0. The highest BCUT2D eigenvalue weighted by Gasteiger charge is 2.46. The normalized spacial score (nSPS) is 12.4. The summed E-state index contributed by atoms with van der Waals surface area (Å²) in [6, 6.07) is 99.9. The van der Waals surface area contributed by atoms with Gasteiger partial charge in [0.05, 0.1) is 11.1 Å². The van der Waals surface area contributed by atoms with Gasteiger partial charge in [0.15, 0.2) is 0 Å². The van der Waals surface area contributed by atoms with Crippen LogP contribution >= 0.6 is 0 Å². The first-order valence-electron chi connectivity index (χ1n) is 22.8. The molecule has 11 aromatic carbocycles. The molecule has 0 saturated carbocycles. The molecule has 310 valence electrons. The molecule has 0 spiro atoms. The molecule has 1 aliphatic rings. The Balaban J connectivity index is 1.01. The Hall–Kier alpha value is -8.52. The van der Waals surface area contributed by atoms with Crippen molar-refractivity contribution >= 4 is 27.8 Å². The van der Waals surface area contributed by atoms with Crippen molar-refractivity contribution in [2.24, 2.45) is 0 Å². The smallest absolute Gasteiger partial charge is 0.0713 e. The number of para-hydroxylation sites is 1. The Kier molecular flexibility index (Phi) is 9.81. The fourth-order valence-electron chi connectivity index (χ4n) is 10.6. The molecule has 0 aromatic heterocycles. The van der Waals surface area contributed by atoms with Gasteiger partial charge in [-0.2, -0.15) is 0 Å². The van der Waals surface area contributed by atoms with Gasteiger partial charge in [-0.15, -0.1) is 0 Å². The van der Waals surface area contributed by atoms with Gasteiger partial charge in [0.25, 0.3) is 0 Å². The van der Waals surface area contributed by atoms with Crippen LogP contribution in [0, 0.1) is 0 Å². The van der Waals surface area contributed by atoms with Crippen molar-refractivity contribution in [3.63, 3.8) is 0 Å². The number of benzene rings is 11. The van der Waals surface area contributed by atoms with Gasteiger partial charge in [0.2, 0.25) is 0 Å². The Labute approximate surface area is 387 Å². The molecule has 0 radical (unpaired) electrons. The van der Waals surface area contributed by atoms with Crippen molar-refractivity contribution in [3.8, 4) is 55.6 Å². The lowest BCUT2D eigenvalue weighted by Gasteiger charge is -2.34. The highest BCUT2D eigenvalue weighted by Crippen LogP contribution is 2.58. The molecule has 0 heterocycles. The summed E-state index contributed by atoms with van der Waals surface area (Å²) in [7, 11) is 0. The lowest BCUT2D eigenvalue weighted by Crippen LogP contribution is -2.28. The average molecular weight is 840 g/mol. The maximum absolute atomic E-state index is 2.42. The molecule has 0 unspecified atom stereocenters. The second-order valence-corrected chi connectivity index (χ2v) is 17.2. The van der Waals surface area contributed by atoms with E-state index >= 15 is 0 Å². The molecule has 0 saturated heterocycles. The number of fused-ring (bicyclic) bond motifs is 4. The second kappa shape index (κ2) is 16.6. The topological polar surface area (TPSA) is 3.24 Å². The van der Waals surface area contributed by atoms with Crippen LogP contribution < -0.4 is 4.90 Å². The van der Waals surface area contributed by atoms with E-state index in [0.29, 0.717) is 0 Å². The number of hydrogen-bond donors (Lipinski definition) is 0. The van der Waals surface area contributed by atoms with Crippen molar-refractivity contribution < 1.29 is 0 Å². The van der Waals surface area contributed by atoms with E-state index < -0.39 is 5.41 Å². The molecule has 0 atom stereocenters. The summed E-state index contributed by atoms with van der Waals surface area (Å²) >= 11 is 0. The zero-order valence-electron chi connectivity index (χ0n) is 36.4. The van der Waals surface area contributed by atoms with E-state index in [4.69, 9.17) is 0 Å². The Morgan fingerprint density at radius 1 is 0.273 bits per heavy atom. The van der Waals surface area contributed by atoms with Gasteiger partial charge >= 0.3 is 0 Å². The first-order valence-corrected chi connectivity index (χ1v) is 22.8. The van der Waals surface area contributed by atoms with Crippen molar-refractivity contribution in [1.82, 2.24) is 0 Å². The molecule has 66 heavy (non-hydrogen) atoms. The minimum atomic E-state index is -0.457. The predicted molar refractivity (Wildman–Crippen MR) is 278 cm³/mol. The van der Waals surface area contributed by atoms with Gasteiger partial charge in [-0.25, -0.2) is 0 Å². The molecule has 0 aliphatic heterocycles. The third-order valence-electron chi connectivity index (χ3n) is 13.6. The molecule has 1 heteroatoms. The Bertz CT molecular complexity index is 3460. The zero-order valence-corrected chi connectivity index (χ0v) is 36.4. The molecular weight excluding hydrogens is 795 g/mol. The van der Waals surface area contributed by atoms with Crippen LogP contribution in [-0.4, -0.2) is 0 Å². The second-order valence-electron chi connectivity index (χ2n) is 17.2. The van der Waals surface area contributed by atoms with E-state index in [-0.39, 0.29) is 0 Å². The van der Waals surface area contributed by atoms with Gasteiger partial charge in [-0.05, 0) is 119 Å². The van der Waals surface area contributed by atoms with Crippen molar-refractivity contribution in [2.75, 3.05) is 4.90 Å². The number of nitrogens with zero attached hydrogens (tertiary/aromatic N) is 1. The summed E-state index contributed by atoms with van der Waals surface area (Å²) in [5, 5.41) is 2.49. The van der Waals surface area contributed by atoms with Crippen molar-refractivity contribution in [3.05, 3.63) is 295 Å². The molecule has 12 rings (SSSR count). The van der Waals surface area contributed by atoms with Crippen LogP contribution in [0.4, 0.5) is 17.1 Å². The summed E-state index contributed by atoms with van der Waals surface area (Å²) in [4.78, 5) is 2.42. The fourth-order valence-corrected chi connectivity index (χ4v) is 10.6. The van der Waals surface area contributed by atoms with Crippen LogP contribution in [-0.2, 0) is 5.41 Å². The van der Waals surface area contributed by atoms with Crippen LogP contribution in [0.1, 0.15) is 22.3 Å². The van der Waals surface area contributed by atoms with E-state index in [9.17, 15) is 0 Å². The lowest BCUT2D eigenvalue weighted by molar-refractivity contribution is 0.768. The van der Waals surface area contributed by atoms with Crippen LogP contribution in [0.2, 0.25) is 0 Å². The third kappa shape index (κ3) is 6.56. The monoisotopic (exact) mass is 839 g/mol. The minimum Gasteiger partial charge on any atom is -0.310 e. The first kappa shape index (κ1) is 39.1. The largest absolute Gasteiger partial charge is 0.310 e. The third-order valence-corrected chi connectivity index (χ3v) is 13.6. The van der Waals surface area contributed by atoms with Crippen LogP contribution in [0.3, 0.4) is 0 Å². The minimum absolute atomic E-state index is 0.457. The maximum Gasteiger partial charge on any atom is 0.0713 e. The van der Waals surface area contributed by atoms with E-state index in [2.05, 4.69) is 278 Å². The molecule has 11 aromatic rings. The van der Waals surface area contributed by atoms with Gasteiger partial charge in [-0.3, -0.25) is 0 Å². The molecule has 0 amide bonds. The number of rotatable bonds is 9. The molecule has 1 aliphatic carbocycles. The molecular formula is C65H45N. The van der Waals surface area contributed by atoms with Gasteiger partial charge < -0.3 is 4.90 Å². The Morgan fingerprint density at radius 2 is 0.742 bits per heavy atom. The highest BCUT2D eigenvalue weighted by molar-refractivity contribution is 5.98. The summed E-state index contributed by atoms with van der Waals surface area (Å²) in [5.74, 6) is 0.